The quantitative estimate of drug-likeness (QED) is 0.381. The summed E-state index contributed by atoms with van der Waals surface area (Å²) in [5.41, 5.74) is 9.76. The van der Waals surface area contributed by atoms with Gasteiger partial charge in [0, 0.05) is 24.6 Å². The summed E-state index contributed by atoms with van der Waals surface area (Å²) in [6.07, 6.45) is 5.23. The summed E-state index contributed by atoms with van der Waals surface area (Å²) >= 11 is 0. The molecule has 2 heterocycles. The molecule has 0 spiro atoms. The Kier molecular flexibility index (Phi) is 3.43. The first kappa shape index (κ1) is 13.4. The maximum atomic E-state index is 8.92. The van der Waals surface area contributed by atoms with Crippen LogP contribution < -0.4 is 10.6 Å². The van der Waals surface area contributed by atoms with Gasteiger partial charge in [-0.25, -0.2) is 9.97 Å². The van der Waals surface area contributed by atoms with Crippen molar-refractivity contribution in [3.05, 3.63) is 47.4 Å². The molecular formula is C15H17N5O. The van der Waals surface area contributed by atoms with Gasteiger partial charge < -0.3 is 15.8 Å². The zero-order valence-corrected chi connectivity index (χ0v) is 11.8. The van der Waals surface area contributed by atoms with Crippen LogP contribution in [0.1, 0.15) is 23.2 Å². The molecule has 0 aliphatic carbocycles. The first-order valence-electron chi connectivity index (χ1n) is 6.86. The minimum Gasteiger partial charge on any atom is -0.409 e. The second kappa shape index (κ2) is 5.40. The molecule has 0 saturated heterocycles. The van der Waals surface area contributed by atoms with E-state index in [1.165, 1.54) is 17.3 Å². The van der Waals surface area contributed by atoms with Crippen molar-refractivity contribution >= 4 is 17.3 Å². The minimum atomic E-state index is -0.0302. The van der Waals surface area contributed by atoms with Gasteiger partial charge >= 0.3 is 0 Å². The van der Waals surface area contributed by atoms with Crippen LogP contribution in [0.4, 0.5) is 11.5 Å². The van der Waals surface area contributed by atoms with Gasteiger partial charge in [-0.2, -0.15) is 0 Å². The molecule has 0 saturated carbocycles. The molecule has 108 valence electrons. The predicted octanol–water partition coefficient (Wildman–Crippen LogP) is 1.96. The number of nitrogens with two attached hydrogens (primary N) is 1. The lowest BCUT2D eigenvalue weighted by Gasteiger charge is -2.31. The van der Waals surface area contributed by atoms with Gasteiger partial charge in [0.15, 0.2) is 17.3 Å². The Bertz CT molecular complexity index is 698. The van der Waals surface area contributed by atoms with Crippen molar-refractivity contribution in [2.75, 3.05) is 11.4 Å². The smallest absolute Gasteiger partial charge is 0.192 e. The molecule has 6 nitrogen and oxygen atoms in total. The molecule has 1 aromatic carbocycles. The van der Waals surface area contributed by atoms with Crippen LogP contribution in [0.15, 0.2) is 35.7 Å². The van der Waals surface area contributed by atoms with Crippen molar-refractivity contribution in [1.29, 1.82) is 0 Å². The first-order chi connectivity index (χ1) is 10.2. The highest BCUT2D eigenvalue weighted by molar-refractivity contribution is 6.00. The van der Waals surface area contributed by atoms with Crippen LogP contribution >= 0.6 is 0 Å². The highest BCUT2D eigenvalue weighted by Gasteiger charge is 2.23. The number of aromatic nitrogens is 2. The number of rotatable bonds is 2. The predicted molar refractivity (Wildman–Crippen MR) is 81.0 cm³/mol. The Labute approximate surface area is 122 Å². The lowest BCUT2D eigenvalue weighted by atomic mass is 9.99. The molecule has 0 atom stereocenters. The van der Waals surface area contributed by atoms with Crippen LogP contribution in [0.3, 0.4) is 0 Å². The number of hydrogen-bond donors (Lipinski definition) is 2. The minimum absolute atomic E-state index is 0.0302. The SMILES string of the molecule is Cc1ccc2c(c1)CCCN2c1nccnc1C(N)=NO. The number of hydrogen-bond acceptors (Lipinski definition) is 5. The molecule has 0 fully saturated rings. The Balaban J connectivity index is 2.12. The summed E-state index contributed by atoms with van der Waals surface area (Å²) < 4.78 is 0. The average Bonchev–Trinajstić information content (AvgIpc) is 2.53. The van der Waals surface area contributed by atoms with E-state index in [1.807, 2.05) is 0 Å². The van der Waals surface area contributed by atoms with Crippen molar-refractivity contribution in [1.82, 2.24) is 9.97 Å². The van der Waals surface area contributed by atoms with E-state index >= 15 is 0 Å². The molecule has 1 aromatic heterocycles. The largest absolute Gasteiger partial charge is 0.409 e. The first-order valence-corrected chi connectivity index (χ1v) is 6.86. The van der Waals surface area contributed by atoms with E-state index in [-0.39, 0.29) is 5.84 Å². The second-order valence-electron chi connectivity index (χ2n) is 5.10. The number of benzene rings is 1. The fraction of sp³-hybridized carbons (Fsp3) is 0.267. The maximum absolute atomic E-state index is 8.92. The summed E-state index contributed by atoms with van der Waals surface area (Å²) in [6.45, 7) is 2.92. The number of anilines is 2. The lowest BCUT2D eigenvalue weighted by molar-refractivity contribution is 0.318. The molecule has 1 aliphatic heterocycles. The van der Waals surface area contributed by atoms with Crippen molar-refractivity contribution in [2.24, 2.45) is 10.9 Å². The molecule has 3 rings (SSSR count). The van der Waals surface area contributed by atoms with E-state index in [0.29, 0.717) is 11.5 Å². The van der Waals surface area contributed by atoms with E-state index < -0.39 is 0 Å². The van der Waals surface area contributed by atoms with Gasteiger partial charge in [-0.05, 0) is 31.4 Å². The number of aryl methyl sites for hydroxylation is 2. The van der Waals surface area contributed by atoms with Gasteiger partial charge in [0.25, 0.3) is 0 Å². The monoisotopic (exact) mass is 283 g/mol. The molecule has 0 radical (unpaired) electrons. The van der Waals surface area contributed by atoms with Crippen LogP contribution in [-0.2, 0) is 6.42 Å². The summed E-state index contributed by atoms with van der Waals surface area (Å²) in [5, 5.41) is 12.0. The fourth-order valence-electron chi connectivity index (χ4n) is 2.70. The van der Waals surface area contributed by atoms with Gasteiger partial charge in [0.1, 0.15) is 0 Å². The van der Waals surface area contributed by atoms with E-state index in [2.05, 4.69) is 45.1 Å². The zero-order valence-electron chi connectivity index (χ0n) is 11.8. The number of oxime groups is 1. The van der Waals surface area contributed by atoms with Gasteiger partial charge in [-0.1, -0.05) is 22.9 Å². The van der Waals surface area contributed by atoms with Crippen molar-refractivity contribution in [3.63, 3.8) is 0 Å². The lowest BCUT2D eigenvalue weighted by Crippen LogP contribution is -2.29. The Morgan fingerprint density at radius 2 is 2.14 bits per heavy atom. The Morgan fingerprint density at radius 1 is 1.33 bits per heavy atom. The van der Waals surface area contributed by atoms with Gasteiger partial charge in [0.2, 0.25) is 0 Å². The third-order valence-corrected chi connectivity index (χ3v) is 3.64. The molecule has 0 unspecified atom stereocenters. The van der Waals surface area contributed by atoms with Gasteiger partial charge in [0.05, 0.1) is 0 Å². The molecule has 0 amide bonds. The van der Waals surface area contributed by atoms with E-state index in [9.17, 15) is 0 Å². The molecular weight excluding hydrogens is 266 g/mol. The number of amidine groups is 1. The second-order valence-corrected chi connectivity index (χ2v) is 5.10. The average molecular weight is 283 g/mol. The standard InChI is InChI=1S/C15H17N5O/c1-10-4-5-12-11(9-10)3-2-8-20(12)15-13(14(16)19-21)17-6-7-18-15/h4-7,9,21H,2-3,8H2,1H3,(H2,16,19). The van der Waals surface area contributed by atoms with E-state index in [0.717, 1.165) is 25.1 Å². The van der Waals surface area contributed by atoms with Crippen molar-refractivity contribution < 1.29 is 5.21 Å². The Hall–Kier alpha value is -2.63. The van der Waals surface area contributed by atoms with Gasteiger partial charge in [-0.3, -0.25) is 0 Å². The van der Waals surface area contributed by atoms with E-state index in [4.69, 9.17) is 10.9 Å². The molecule has 2 aromatic rings. The summed E-state index contributed by atoms with van der Waals surface area (Å²) in [7, 11) is 0. The van der Waals surface area contributed by atoms with Crippen molar-refractivity contribution in [3.8, 4) is 0 Å². The fourth-order valence-corrected chi connectivity index (χ4v) is 2.70. The third kappa shape index (κ3) is 2.40. The van der Waals surface area contributed by atoms with Crippen LogP contribution in [-0.4, -0.2) is 27.6 Å². The topological polar surface area (TPSA) is 87.6 Å². The Morgan fingerprint density at radius 3 is 2.95 bits per heavy atom. The van der Waals surface area contributed by atoms with Crippen molar-refractivity contribution in [2.45, 2.75) is 19.8 Å². The third-order valence-electron chi connectivity index (χ3n) is 3.64. The van der Waals surface area contributed by atoms with Crippen LogP contribution in [0.5, 0.6) is 0 Å². The summed E-state index contributed by atoms with van der Waals surface area (Å²) in [6, 6.07) is 6.37. The maximum Gasteiger partial charge on any atom is 0.192 e. The van der Waals surface area contributed by atoms with E-state index in [1.54, 1.807) is 6.20 Å². The molecule has 3 N–H and O–H groups in total. The normalized spacial score (nSPS) is 14.9. The van der Waals surface area contributed by atoms with Crippen LogP contribution in [0.25, 0.3) is 0 Å². The molecule has 0 bridgehead atoms. The number of fused-ring (bicyclic) bond motifs is 1. The van der Waals surface area contributed by atoms with Crippen LogP contribution in [0.2, 0.25) is 0 Å². The van der Waals surface area contributed by atoms with Crippen LogP contribution in [0, 0.1) is 6.92 Å². The highest BCUT2D eigenvalue weighted by Crippen LogP contribution is 2.33. The zero-order chi connectivity index (χ0) is 14.8. The summed E-state index contributed by atoms with van der Waals surface area (Å²) in [4.78, 5) is 10.7. The summed E-state index contributed by atoms with van der Waals surface area (Å²) in [5.74, 6) is 0.593. The molecule has 6 heteroatoms. The van der Waals surface area contributed by atoms with Gasteiger partial charge in [-0.15, -0.1) is 0 Å². The molecule has 1 aliphatic rings. The highest BCUT2D eigenvalue weighted by atomic mass is 16.4. The number of nitrogens with zero attached hydrogens (tertiary/aromatic N) is 4. The molecule has 21 heavy (non-hydrogen) atoms.